The molecule has 0 saturated carbocycles. The predicted molar refractivity (Wildman–Crippen MR) is 133 cm³/mol. The van der Waals surface area contributed by atoms with Gasteiger partial charge in [-0.1, -0.05) is 26.8 Å². The summed E-state index contributed by atoms with van der Waals surface area (Å²) in [5, 5.41) is 28.0. The first-order valence-corrected chi connectivity index (χ1v) is 12.2. The molecule has 6 N–H and O–H groups in total. The van der Waals surface area contributed by atoms with Gasteiger partial charge in [-0.15, -0.1) is 0 Å². The van der Waals surface area contributed by atoms with Crippen LogP contribution in [0.25, 0.3) is 0 Å². The first-order valence-electron chi connectivity index (χ1n) is 12.2. The Hall–Kier alpha value is -3.94. The van der Waals surface area contributed by atoms with Gasteiger partial charge in [-0.25, -0.2) is 8.78 Å². The number of benzene rings is 1. The predicted octanol–water partition coefficient (Wildman–Crippen LogP) is 0.134. The monoisotopic (exact) mass is 556 g/mol. The van der Waals surface area contributed by atoms with Crippen LogP contribution in [0, 0.1) is 17.6 Å². The standard InChI is InChI=1S/C25H34F2N4O8/c1-5-28-18(11-21(35)36)23(37)30-19(9-14-6-7-15(26)16(27)8-14)24(38)31-22(12(2)3)25(39)29-17(13(4)32)10-20(33)34/h6-8,12,17-19,22,28H,5,9-11H2,1-4H3,(H,29,39)(H,30,37)(H,31,38)(H,33,34)(H,35,36)/t17-,18-,19-,22-/m0/s1. The summed E-state index contributed by atoms with van der Waals surface area (Å²) in [6, 6.07) is -2.43. The summed E-state index contributed by atoms with van der Waals surface area (Å²) in [5.74, 6) is -8.73. The van der Waals surface area contributed by atoms with Crippen LogP contribution in [0.15, 0.2) is 18.2 Å². The highest BCUT2D eigenvalue weighted by Gasteiger charge is 2.33. The number of carbonyl (C=O) groups excluding carboxylic acids is 4. The summed E-state index contributed by atoms with van der Waals surface area (Å²) in [6.07, 6.45) is -1.63. The average molecular weight is 557 g/mol. The Morgan fingerprint density at radius 3 is 1.82 bits per heavy atom. The summed E-state index contributed by atoms with van der Waals surface area (Å²) in [4.78, 5) is 73.0. The second-order valence-electron chi connectivity index (χ2n) is 9.22. The highest BCUT2D eigenvalue weighted by atomic mass is 19.2. The molecule has 12 nitrogen and oxygen atoms in total. The van der Waals surface area contributed by atoms with Gasteiger partial charge >= 0.3 is 11.9 Å². The van der Waals surface area contributed by atoms with E-state index in [4.69, 9.17) is 10.2 Å². The second-order valence-corrected chi connectivity index (χ2v) is 9.22. The van der Waals surface area contributed by atoms with E-state index in [9.17, 15) is 37.5 Å². The minimum atomic E-state index is -1.45. The molecule has 1 rings (SSSR count). The van der Waals surface area contributed by atoms with Gasteiger partial charge in [0.25, 0.3) is 0 Å². The number of carbonyl (C=O) groups is 6. The van der Waals surface area contributed by atoms with E-state index in [1.807, 2.05) is 0 Å². The van der Waals surface area contributed by atoms with Gasteiger partial charge in [0.05, 0.1) is 24.9 Å². The molecule has 0 heterocycles. The Bertz CT molecular complexity index is 1080. The van der Waals surface area contributed by atoms with Crippen molar-refractivity contribution in [3.8, 4) is 0 Å². The van der Waals surface area contributed by atoms with Crippen molar-refractivity contribution in [3.63, 3.8) is 0 Å². The Morgan fingerprint density at radius 1 is 0.795 bits per heavy atom. The van der Waals surface area contributed by atoms with E-state index in [-0.39, 0.29) is 18.5 Å². The van der Waals surface area contributed by atoms with E-state index in [1.54, 1.807) is 20.8 Å². The van der Waals surface area contributed by atoms with Crippen LogP contribution in [0.5, 0.6) is 0 Å². The Balaban J connectivity index is 3.25. The van der Waals surface area contributed by atoms with Crippen LogP contribution in [-0.4, -0.2) is 76.4 Å². The summed E-state index contributed by atoms with van der Waals surface area (Å²) in [7, 11) is 0. The average Bonchev–Trinajstić information content (AvgIpc) is 2.82. The number of aliphatic carboxylic acids is 2. The number of hydrogen-bond donors (Lipinski definition) is 6. The van der Waals surface area contributed by atoms with Crippen LogP contribution >= 0.6 is 0 Å². The summed E-state index contributed by atoms with van der Waals surface area (Å²) >= 11 is 0. The molecule has 0 saturated heterocycles. The molecule has 0 unspecified atom stereocenters. The number of halogens is 2. The van der Waals surface area contributed by atoms with Crippen molar-refractivity contribution in [1.29, 1.82) is 0 Å². The summed E-state index contributed by atoms with van der Waals surface area (Å²) < 4.78 is 27.2. The van der Waals surface area contributed by atoms with Crippen LogP contribution < -0.4 is 21.3 Å². The molecule has 39 heavy (non-hydrogen) atoms. The highest BCUT2D eigenvalue weighted by molar-refractivity contribution is 5.96. The SMILES string of the molecule is CCN[C@@H](CC(=O)O)C(=O)N[C@@H](Cc1ccc(F)c(F)c1)C(=O)N[C@H](C(=O)N[C@@H](CC(=O)O)C(C)=O)C(C)C. The van der Waals surface area contributed by atoms with Crippen LogP contribution in [0.4, 0.5) is 8.78 Å². The number of hydrogen-bond acceptors (Lipinski definition) is 7. The van der Waals surface area contributed by atoms with E-state index < -0.39 is 90.0 Å². The van der Waals surface area contributed by atoms with Crippen molar-refractivity contribution >= 4 is 35.4 Å². The third-order valence-electron chi connectivity index (χ3n) is 5.64. The minimum Gasteiger partial charge on any atom is -0.481 e. The first-order chi connectivity index (χ1) is 18.2. The van der Waals surface area contributed by atoms with Gasteiger partial charge in [-0.05, 0) is 37.1 Å². The number of amides is 3. The molecular formula is C25H34F2N4O8. The molecule has 0 aliphatic rings. The van der Waals surface area contributed by atoms with Gasteiger partial charge in [0.2, 0.25) is 17.7 Å². The fourth-order valence-corrected chi connectivity index (χ4v) is 3.58. The maximum atomic E-state index is 13.8. The van der Waals surface area contributed by atoms with Crippen molar-refractivity contribution < 1.29 is 47.8 Å². The van der Waals surface area contributed by atoms with Crippen molar-refractivity contribution in [1.82, 2.24) is 21.3 Å². The van der Waals surface area contributed by atoms with E-state index >= 15 is 0 Å². The zero-order valence-corrected chi connectivity index (χ0v) is 22.0. The van der Waals surface area contributed by atoms with E-state index in [1.165, 1.54) is 6.07 Å². The quantitative estimate of drug-likeness (QED) is 0.164. The molecule has 3 amide bonds. The van der Waals surface area contributed by atoms with Crippen LogP contribution in [-0.2, 0) is 35.2 Å². The van der Waals surface area contributed by atoms with Gasteiger partial charge in [0.1, 0.15) is 12.1 Å². The third-order valence-corrected chi connectivity index (χ3v) is 5.64. The molecule has 1 aromatic rings. The molecule has 0 aromatic heterocycles. The number of carboxylic acid groups (broad SMARTS) is 2. The lowest BCUT2D eigenvalue weighted by molar-refractivity contribution is -0.141. The lowest BCUT2D eigenvalue weighted by atomic mass is 9.99. The zero-order valence-electron chi connectivity index (χ0n) is 22.0. The van der Waals surface area contributed by atoms with Crippen molar-refractivity contribution in [3.05, 3.63) is 35.4 Å². The molecule has 0 aliphatic carbocycles. The molecule has 216 valence electrons. The number of likely N-dealkylation sites (N-methyl/N-ethyl adjacent to an activating group) is 1. The minimum absolute atomic E-state index is 0.122. The van der Waals surface area contributed by atoms with E-state index in [2.05, 4.69) is 21.3 Å². The molecule has 0 bridgehead atoms. The van der Waals surface area contributed by atoms with E-state index in [0.717, 1.165) is 19.1 Å². The molecule has 0 fully saturated rings. The van der Waals surface area contributed by atoms with Crippen molar-refractivity contribution in [2.45, 2.75) is 71.1 Å². The third kappa shape index (κ3) is 11.1. The van der Waals surface area contributed by atoms with E-state index in [0.29, 0.717) is 0 Å². The fraction of sp³-hybridized carbons (Fsp3) is 0.520. The van der Waals surface area contributed by atoms with Gasteiger partial charge < -0.3 is 31.5 Å². The number of Topliss-reactive ketones (excluding diaryl/α,β-unsaturated/α-hetero) is 1. The van der Waals surface area contributed by atoms with Gasteiger partial charge in [-0.2, -0.15) is 0 Å². The molecule has 0 radical (unpaired) electrons. The normalized spacial score (nSPS) is 14.0. The molecule has 0 aliphatic heterocycles. The highest BCUT2D eigenvalue weighted by Crippen LogP contribution is 2.12. The van der Waals surface area contributed by atoms with Crippen LogP contribution in [0.1, 0.15) is 46.1 Å². The van der Waals surface area contributed by atoms with Gasteiger partial charge in [0, 0.05) is 6.42 Å². The second kappa shape index (κ2) is 15.5. The molecule has 0 spiro atoms. The number of carboxylic acids is 2. The van der Waals surface area contributed by atoms with Crippen LogP contribution in [0.2, 0.25) is 0 Å². The smallest absolute Gasteiger partial charge is 0.305 e. The molecular weight excluding hydrogens is 522 g/mol. The number of rotatable bonds is 16. The van der Waals surface area contributed by atoms with Gasteiger partial charge in [0.15, 0.2) is 17.4 Å². The first kappa shape index (κ1) is 33.1. The number of ketones is 1. The lowest BCUT2D eigenvalue weighted by Gasteiger charge is -2.27. The Kier molecular flexibility index (Phi) is 13.1. The van der Waals surface area contributed by atoms with Crippen molar-refractivity contribution in [2.24, 2.45) is 5.92 Å². The maximum Gasteiger partial charge on any atom is 0.305 e. The summed E-state index contributed by atoms with van der Waals surface area (Å²) in [6.45, 7) is 6.11. The fourth-order valence-electron chi connectivity index (χ4n) is 3.58. The zero-order chi connectivity index (χ0) is 29.9. The topological polar surface area (TPSA) is 191 Å². The largest absolute Gasteiger partial charge is 0.481 e. The molecule has 14 heteroatoms. The van der Waals surface area contributed by atoms with Crippen LogP contribution in [0.3, 0.4) is 0 Å². The number of nitrogens with one attached hydrogen (secondary N) is 4. The Morgan fingerprint density at radius 2 is 1.33 bits per heavy atom. The lowest BCUT2D eigenvalue weighted by Crippen LogP contribution is -2.59. The van der Waals surface area contributed by atoms with Gasteiger partial charge in [-0.3, -0.25) is 28.8 Å². The maximum absolute atomic E-state index is 13.8. The molecule has 4 atom stereocenters. The molecule has 1 aromatic carbocycles. The van der Waals surface area contributed by atoms with Crippen molar-refractivity contribution in [2.75, 3.05) is 6.54 Å². The summed E-state index contributed by atoms with van der Waals surface area (Å²) in [5.41, 5.74) is 0.122. The Labute approximate surface area is 223 Å².